The maximum atomic E-state index is 12.4. The molecule has 6 heteroatoms. The minimum atomic E-state index is -0.0472. The first-order chi connectivity index (χ1) is 12.1. The van der Waals surface area contributed by atoms with E-state index in [1.165, 1.54) is 4.88 Å². The first-order valence-electron chi connectivity index (χ1n) is 8.18. The quantitative estimate of drug-likeness (QED) is 0.709. The van der Waals surface area contributed by atoms with Crippen LogP contribution in [0, 0.1) is 0 Å². The minimum absolute atomic E-state index is 0.0472. The van der Waals surface area contributed by atoms with Gasteiger partial charge in [-0.1, -0.05) is 18.2 Å². The van der Waals surface area contributed by atoms with Gasteiger partial charge < -0.3 is 10.2 Å². The number of nitrogens with one attached hydrogen (secondary N) is 1. The van der Waals surface area contributed by atoms with Crippen LogP contribution in [0.25, 0.3) is 0 Å². The van der Waals surface area contributed by atoms with E-state index >= 15 is 0 Å². The number of carbonyl (C=O) groups is 1. The second-order valence-corrected chi connectivity index (χ2v) is 7.08. The molecule has 2 heterocycles. The van der Waals surface area contributed by atoms with Gasteiger partial charge in [-0.3, -0.25) is 9.48 Å². The predicted octanol–water partition coefficient (Wildman–Crippen LogP) is 3.03. The van der Waals surface area contributed by atoms with Crippen molar-refractivity contribution in [3.63, 3.8) is 0 Å². The van der Waals surface area contributed by atoms with Crippen LogP contribution in [0.5, 0.6) is 0 Å². The lowest BCUT2D eigenvalue weighted by atomic mass is 10.1. The molecule has 0 saturated carbocycles. The van der Waals surface area contributed by atoms with Gasteiger partial charge in [0, 0.05) is 29.4 Å². The molecule has 1 aromatic carbocycles. The van der Waals surface area contributed by atoms with Crippen molar-refractivity contribution in [2.45, 2.75) is 12.6 Å². The van der Waals surface area contributed by atoms with Gasteiger partial charge in [0.05, 0.1) is 12.6 Å². The number of hydrogen-bond donors (Lipinski definition) is 1. The highest BCUT2D eigenvalue weighted by Crippen LogP contribution is 2.22. The summed E-state index contributed by atoms with van der Waals surface area (Å²) in [5.41, 5.74) is 1.79. The van der Waals surface area contributed by atoms with Crippen molar-refractivity contribution >= 4 is 17.2 Å². The Balaban J connectivity index is 1.59. The number of carbonyl (C=O) groups excluding carboxylic acids is 1. The number of aromatic nitrogens is 2. The summed E-state index contributed by atoms with van der Waals surface area (Å²) < 4.78 is 1.86. The molecule has 0 spiro atoms. The second kappa shape index (κ2) is 8.09. The monoisotopic (exact) mass is 354 g/mol. The van der Waals surface area contributed by atoms with Gasteiger partial charge in [0.2, 0.25) is 0 Å². The summed E-state index contributed by atoms with van der Waals surface area (Å²) in [6.07, 6.45) is 3.68. The number of benzene rings is 1. The highest BCUT2D eigenvalue weighted by Gasteiger charge is 2.16. The van der Waals surface area contributed by atoms with E-state index in [0.29, 0.717) is 18.7 Å². The normalized spacial score (nSPS) is 12.3. The van der Waals surface area contributed by atoms with Gasteiger partial charge in [0.25, 0.3) is 5.91 Å². The maximum Gasteiger partial charge on any atom is 0.251 e. The van der Waals surface area contributed by atoms with Crippen LogP contribution in [-0.2, 0) is 6.54 Å². The molecule has 130 valence electrons. The third-order valence-corrected chi connectivity index (χ3v) is 5.04. The van der Waals surface area contributed by atoms with Crippen LogP contribution in [0.1, 0.15) is 26.8 Å². The van der Waals surface area contributed by atoms with Crippen LogP contribution in [-0.4, -0.2) is 41.2 Å². The molecular weight excluding hydrogens is 332 g/mol. The van der Waals surface area contributed by atoms with E-state index in [4.69, 9.17) is 0 Å². The Morgan fingerprint density at radius 2 is 2.04 bits per heavy atom. The first-order valence-corrected chi connectivity index (χ1v) is 9.06. The predicted molar refractivity (Wildman–Crippen MR) is 101 cm³/mol. The van der Waals surface area contributed by atoms with Gasteiger partial charge >= 0.3 is 0 Å². The molecule has 1 atom stereocenters. The number of likely N-dealkylation sites (N-methyl/N-ethyl adjacent to an activating group) is 1. The van der Waals surface area contributed by atoms with E-state index in [1.807, 2.05) is 61.4 Å². The zero-order valence-electron chi connectivity index (χ0n) is 14.4. The van der Waals surface area contributed by atoms with E-state index in [-0.39, 0.29) is 11.9 Å². The number of rotatable bonds is 7. The lowest BCUT2D eigenvalue weighted by molar-refractivity contribution is 0.0942. The van der Waals surface area contributed by atoms with E-state index in [0.717, 1.165) is 5.56 Å². The average molecular weight is 354 g/mol. The Morgan fingerprint density at radius 3 is 2.64 bits per heavy atom. The molecule has 1 amide bonds. The lowest BCUT2D eigenvalue weighted by Gasteiger charge is -2.23. The number of nitrogens with zero attached hydrogens (tertiary/aromatic N) is 3. The fourth-order valence-electron chi connectivity index (χ4n) is 2.65. The van der Waals surface area contributed by atoms with Crippen molar-refractivity contribution in [1.29, 1.82) is 0 Å². The summed E-state index contributed by atoms with van der Waals surface area (Å²) >= 11 is 1.71. The molecule has 2 aromatic heterocycles. The average Bonchev–Trinajstić information content (AvgIpc) is 3.29. The van der Waals surface area contributed by atoms with Crippen LogP contribution in [0.2, 0.25) is 0 Å². The molecule has 1 unspecified atom stereocenters. The second-order valence-electron chi connectivity index (χ2n) is 6.11. The Morgan fingerprint density at radius 1 is 1.24 bits per heavy atom. The van der Waals surface area contributed by atoms with Crippen molar-refractivity contribution in [3.05, 3.63) is 76.2 Å². The molecule has 25 heavy (non-hydrogen) atoms. The summed E-state index contributed by atoms with van der Waals surface area (Å²) in [6.45, 7) is 1.29. The van der Waals surface area contributed by atoms with Gasteiger partial charge in [-0.15, -0.1) is 11.3 Å². The smallest absolute Gasteiger partial charge is 0.251 e. The Bertz CT molecular complexity index is 779. The van der Waals surface area contributed by atoms with Crippen LogP contribution >= 0.6 is 11.3 Å². The topological polar surface area (TPSA) is 50.2 Å². The highest BCUT2D eigenvalue weighted by molar-refractivity contribution is 7.10. The zero-order chi connectivity index (χ0) is 17.6. The zero-order valence-corrected chi connectivity index (χ0v) is 15.2. The van der Waals surface area contributed by atoms with Crippen molar-refractivity contribution < 1.29 is 4.79 Å². The highest BCUT2D eigenvalue weighted by atomic mass is 32.1. The minimum Gasteiger partial charge on any atom is -0.350 e. The molecule has 3 rings (SSSR count). The molecule has 0 bridgehead atoms. The number of hydrogen-bond acceptors (Lipinski definition) is 4. The number of thiophene rings is 1. The summed E-state index contributed by atoms with van der Waals surface area (Å²) in [6, 6.07) is 13.9. The summed E-state index contributed by atoms with van der Waals surface area (Å²) in [4.78, 5) is 15.8. The first kappa shape index (κ1) is 17.4. The van der Waals surface area contributed by atoms with Gasteiger partial charge in [-0.2, -0.15) is 5.10 Å². The van der Waals surface area contributed by atoms with E-state index < -0.39 is 0 Å². The molecule has 0 saturated heterocycles. The van der Waals surface area contributed by atoms with E-state index in [1.54, 1.807) is 17.5 Å². The molecule has 0 radical (unpaired) electrons. The van der Waals surface area contributed by atoms with Crippen LogP contribution < -0.4 is 5.32 Å². The lowest BCUT2D eigenvalue weighted by Crippen LogP contribution is -2.34. The van der Waals surface area contributed by atoms with Gasteiger partial charge in [0.15, 0.2) is 0 Å². The van der Waals surface area contributed by atoms with Gasteiger partial charge in [-0.25, -0.2) is 0 Å². The Labute approximate surface area is 151 Å². The van der Waals surface area contributed by atoms with Crippen LogP contribution in [0.3, 0.4) is 0 Å². The fraction of sp³-hybridized carbons (Fsp3) is 0.263. The summed E-state index contributed by atoms with van der Waals surface area (Å²) in [7, 11) is 4.06. The molecule has 0 aliphatic heterocycles. The van der Waals surface area contributed by atoms with Crippen molar-refractivity contribution in [3.8, 4) is 0 Å². The van der Waals surface area contributed by atoms with Crippen molar-refractivity contribution in [2.24, 2.45) is 0 Å². The standard InChI is InChI=1S/C19H22N4OS/c1-22(2)17(18-5-3-12-25-18)13-20-19(24)16-8-6-15(7-9-16)14-23-11-4-10-21-23/h3-12,17H,13-14H2,1-2H3,(H,20,24). The molecular formula is C19H22N4OS. The van der Waals surface area contributed by atoms with Gasteiger partial charge in [0.1, 0.15) is 0 Å². The summed E-state index contributed by atoms with van der Waals surface area (Å²) in [5.74, 6) is -0.0472. The Kier molecular flexibility index (Phi) is 5.63. The maximum absolute atomic E-state index is 12.4. The summed E-state index contributed by atoms with van der Waals surface area (Å²) in [5, 5.41) is 9.30. The largest absolute Gasteiger partial charge is 0.350 e. The van der Waals surface area contributed by atoms with Crippen LogP contribution in [0.4, 0.5) is 0 Å². The van der Waals surface area contributed by atoms with Crippen LogP contribution in [0.15, 0.2) is 60.2 Å². The molecule has 3 aromatic rings. The molecule has 0 aliphatic rings. The molecule has 0 fully saturated rings. The van der Waals surface area contributed by atoms with Crippen molar-refractivity contribution in [2.75, 3.05) is 20.6 Å². The van der Waals surface area contributed by atoms with Gasteiger partial charge in [-0.05, 0) is 49.3 Å². The SMILES string of the molecule is CN(C)C(CNC(=O)c1ccc(Cn2cccn2)cc1)c1cccs1. The molecule has 1 N–H and O–H groups in total. The van der Waals surface area contributed by atoms with E-state index in [2.05, 4.69) is 26.8 Å². The molecule has 0 aliphatic carbocycles. The number of amides is 1. The van der Waals surface area contributed by atoms with Crippen molar-refractivity contribution in [1.82, 2.24) is 20.0 Å². The third kappa shape index (κ3) is 4.55. The fourth-order valence-corrected chi connectivity index (χ4v) is 3.58. The van der Waals surface area contributed by atoms with E-state index in [9.17, 15) is 4.79 Å². The third-order valence-electron chi connectivity index (χ3n) is 4.07. The Hall–Kier alpha value is -2.44. The molecule has 5 nitrogen and oxygen atoms in total.